The third kappa shape index (κ3) is 2.31. The van der Waals surface area contributed by atoms with E-state index in [0.717, 1.165) is 30.6 Å². The second-order valence-corrected chi connectivity index (χ2v) is 7.46. The van der Waals surface area contributed by atoms with Crippen molar-refractivity contribution in [3.63, 3.8) is 0 Å². The zero-order chi connectivity index (χ0) is 12.6. The van der Waals surface area contributed by atoms with E-state index in [2.05, 4.69) is 4.98 Å². The van der Waals surface area contributed by atoms with Crippen molar-refractivity contribution in [2.24, 2.45) is 0 Å². The highest BCUT2D eigenvalue weighted by atomic mass is 32.2. The highest BCUT2D eigenvalue weighted by Crippen LogP contribution is 2.27. The van der Waals surface area contributed by atoms with Crippen molar-refractivity contribution >= 4 is 21.4 Å². The van der Waals surface area contributed by atoms with E-state index in [0.29, 0.717) is 12.2 Å². The Labute approximate surface area is 105 Å². The summed E-state index contributed by atoms with van der Waals surface area (Å²) >= 11 is 0.776. The van der Waals surface area contributed by atoms with Gasteiger partial charge in [0.25, 0.3) is 10.0 Å². The van der Waals surface area contributed by atoms with Gasteiger partial charge in [-0.05, 0) is 26.7 Å². The molecule has 2 rings (SSSR count). The number of nitrogens with zero attached hydrogens (tertiary/aromatic N) is 1. The van der Waals surface area contributed by atoms with E-state index >= 15 is 0 Å². The predicted molar refractivity (Wildman–Crippen MR) is 66.9 cm³/mol. The van der Waals surface area contributed by atoms with Crippen molar-refractivity contribution in [3.8, 4) is 0 Å². The van der Waals surface area contributed by atoms with Crippen molar-refractivity contribution in [1.82, 2.24) is 9.29 Å². The maximum Gasteiger partial charge on any atom is 0.305 e. The molecular weight excluding hydrogens is 260 g/mol. The fourth-order valence-electron chi connectivity index (χ4n) is 2.17. The largest absolute Gasteiger partial charge is 0.315 e. The van der Waals surface area contributed by atoms with E-state index in [1.807, 2.05) is 6.92 Å². The number of thiazole rings is 1. The maximum absolute atomic E-state index is 12.4. The van der Waals surface area contributed by atoms with Crippen LogP contribution in [0.1, 0.15) is 31.9 Å². The fourth-order valence-corrected chi connectivity index (χ4v) is 5.28. The normalized spacial score (nSPS) is 22.8. The van der Waals surface area contributed by atoms with Gasteiger partial charge in [-0.25, -0.2) is 8.42 Å². The van der Waals surface area contributed by atoms with Crippen LogP contribution >= 0.6 is 11.3 Å². The van der Waals surface area contributed by atoms with Gasteiger partial charge in [0.2, 0.25) is 0 Å². The van der Waals surface area contributed by atoms with Gasteiger partial charge in [-0.2, -0.15) is 4.31 Å². The Morgan fingerprint density at radius 3 is 2.65 bits per heavy atom. The number of H-pyrrole nitrogens is 1. The highest BCUT2D eigenvalue weighted by Gasteiger charge is 2.33. The number of rotatable bonds is 2. The molecule has 7 heteroatoms. The molecule has 1 aliphatic rings. The van der Waals surface area contributed by atoms with Crippen LogP contribution in [0.15, 0.2) is 9.00 Å². The van der Waals surface area contributed by atoms with Crippen molar-refractivity contribution in [2.75, 3.05) is 6.54 Å². The van der Waals surface area contributed by atoms with Crippen molar-refractivity contribution in [1.29, 1.82) is 0 Å². The Morgan fingerprint density at radius 1 is 1.41 bits per heavy atom. The topological polar surface area (TPSA) is 70.2 Å². The van der Waals surface area contributed by atoms with Crippen LogP contribution in [0.5, 0.6) is 0 Å². The van der Waals surface area contributed by atoms with Gasteiger partial charge in [0.1, 0.15) is 0 Å². The molecule has 1 fully saturated rings. The van der Waals surface area contributed by atoms with Crippen LogP contribution in [0.4, 0.5) is 0 Å². The first-order valence-electron chi connectivity index (χ1n) is 5.64. The lowest BCUT2D eigenvalue weighted by Gasteiger charge is -2.31. The molecule has 0 amide bonds. The summed E-state index contributed by atoms with van der Waals surface area (Å²) in [7, 11) is -3.50. The summed E-state index contributed by atoms with van der Waals surface area (Å²) in [6, 6.07) is 0.0188. The minimum absolute atomic E-state index is 0.0188. The Kier molecular flexibility index (Phi) is 3.42. The van der Waals surface area contributed by atoms with E-state index in [1.54, 1.807) is 6.92 Å². The van der Waals surface area contributed by atoms with Crippen molar-refractivity contribution in [3.05, 3.63) is 15.4 Å². The van der Waals surface area contributed by atoms with E-state index in [-0.39, 0.29) is 15.1 Å². The molecule has 5 nitrogen and oxygen atoms in total. The van der Waals surface area contributed by atoms with Gasteiger partial charge in [0.05, 0.1) is 0 Å². The third-order valence-electron chi connectivity index (χ3n) is 3.07. The molecule has 0 bridgehead atoms. The second kappa shape index (κ2) is 4.55. The Bertz CT molecular complexity index is 558. The molecule has 1 saturated heterocycles. The fraction of sp³-hybridized carbons (Fsp3) is 0.700. The van der Waals surface area contributed by atoms with E-state index in [9.17, 15) is 13.2 Å². The minimum Gasteiger partial charge on any atom is -0.315 e. The number of aromatic amines is 1. The number of aryl methyl sites for hydroxylation is 1. The lowest BCUT2D eigenvalue weighted by Crippen LogP contribution is -2.41. The first kappa shape index (κ1) is 12.8. The summed E-state index contributed by atoms with van der Waals surface area (Å²) in [6.07, 6.45) is 2.84. The van der Waals surface area contributed by atoms with Gasteiger partial charge in [-0.1, -0.05) is 17.8 Å². The Morgan fingerprint density at radius 2 is 2.12 bits per heavy atom. The van der Waals surface area contributed by atoms with Crippen LogP contribution in [0.3, 0.4) is 0 Å². The Balaban J connectivity index is 2.42. The molecular formula is C10H16N2O3S2. The average molecular weight is 276 g/mol. The smallest absolute Gasteiger partial charge is 0.305 e. The Hall–Kier alpha value is -0.660. The van der Waals surface area contributed by atoms with Crippen LogP contribution in [0, 0.1) is 6.92 Å². The van der Waals surface area contributed by atoms with Gasteiger partial charge < -0.3 is 4.98 Å². The number of hydrogen-bond donors (Lipinski definition) is 1. The van der Waals surface area contributed by atoms with Gasteiger partial charge in [0.15, 0.2) is 4.21 Å². The zero-order valence-corrected chi connectivity index (χ0v) is 11.5. The van der Waals surface area contributed by atoms with Crippen LogP contribution in [0.25, 0.3) is 0 Å². The zero-order valence-electron chi connectivity index (χ0n) is 9.89. The predicted octanol–water partition coefficient (Wildman–Crippen LogP) is 1.31. The van der Waals surface area contributed by atoms with Crippen LogP contribution in [-0.4, -0.2) is 30.3 Å². The minimum atomic E-state index is -3.50. The molecule has 1 aliphatic heterocycles. The monoisotopic (exact) mass is 276 g/mol. The number of nitrogens with one attached hydrogen (secondary N) is 1. The number of piperidine rings is 1. The molecule has 1 aromatic heterocycles. The molecule has 0 spiro atoms. The van der Waals surface area contributed by atoms with Gasteiger partial charge in [-0.3, -0.25) is 4.79 Å². The molecule has 1 aromatic rings. The number of hydrogen-bond acceptors (Lipinski definition) is 4. The standard InChI is InChI=1S/C10H16N2O3S2/c1-7-5-3-4-6-12(7)17(14,15)9-8(2)11-10(13)16-9/h7H,3-6H2,1-2H3,(H,11,13). The summed E-state index contributed by atoms with van der Waals surface area (Å²) < 4.78 is 26.5. The van der Waals surface area contributed by atoms with Crippen molar-refractivity contribution in [2.45, 2.75) is 43.4 Å². The molecule has 0 saturated carbocycles. The van der Waals surface area contributed by atoms with Crippen LogP contribution in [0.2, 0.25) is 0 Å². The molecule has 1 atom stereocenters. The lowest BCUT2D eigenvalue weighted by molar-refractivity contribution is 0.269. The molecule has 0 aromatic carbocycles. The van der Waals surface area contributed by atoms with Gasteiger partial charge in [0, 0.05) is 18.3 Å². The van der Waals surface area contributed by atoms with Gasteiger partial charge >= 0.3 is 4.87 Å². The summed E-state index contributed by atoms with van der Waals surface area (Å²) in [5, 5.41) is 0. The number of sulfonamides is 1. The molecule has 0 aliphatic carbocycles. The van der Waals surface area contributed by atoms with Crippen molar-refractivity contribution < 1.29 is 8.42 Å². The molecule has 1 N–H and O–H groups in total. The van der Waals surface area contributed by atoms with Gasteiger partial charge in [-0.15, -0.1) is 0 Å². The molecule has 1 unspecified atom stereocenters. The SMILES string of the molecule is Cc1[nH]c(=O)sc1S(=O)(=O)N1CCCCC1C. The maximum atomic E-state index is 12.4. The van der Waals surface area contributed by atoms with Crippen LogP contribution in [-0.2, 0) is 10.0 Å². The average Bonchev–Trinajstić information content (AvgIpc) is 2.59. The second-order valence-electron chi connectivity index (χ2n) is 4.39. The quantitative estimate of drug-likeness (QED) is 0.885. The first-order valence-corrected chi connectivity index (χ1v) is 7.90. The van der Waals surface area contributed by atoms with E-state index in [4.69, 9.17) is 0 Å². The highest BCUT2D eigenvalue weighted by molar-refractivity contribution is 7.91. The summed E-state index contributed by atoms with van der Waals surface area (Å²) in [4.78, 5) is 13.4. The number of aromatic nitrogens is 1. The summed E-state index contributed by atoms with van der Waals surface area (Å²) in [6.45, 7) is 4.09. The molecule has 17 heavy (non-hydrogen) atoms. The van der Waals surface area contributed by atoms with E-state index in [1.165, 1.54) is 4.31 Å². The third-order valence-corrected chi connectivity index (χ3v) is 6.66. The summed E-state index contributed by atoms with van der Waals surface area (Å²) in [5.41, 5.74) is 0.442. The van der Waals surface area contributed by atoms with E-state index < -0.39 is 10.0 Å². The lowest BCUT2D eigenvalue weighted by atomic mass is 10.1. The molecule has 96 valence electrons. The molecule has 0 radical (unpaired) electrons. The first-order chi connectivity index (χ1) is 7.93. The summed E-state index contributed by atoms with van der Waals surface area (Å²) in [5.74, 6) is 0. The van der Waals surface area contributed by atoms with Crippen LogP contribution < -0.4 is 4.87 Å². The molecule has 2 heterocycles.